The topological polar surface area (TPSA) is 66.4 Å². The maximum atomic E-state index is 12.1. The van der Waals surface area contributed by atoms with Crippen LogP contribution < -0.4 is 5.32 Å². The van der Waals surface area contributed by atoms with Gasteiger partial charge < -0.3 is 10.4 Å². The summed E-state index contributed by atoms with van der Waals surface area (Å²) in [6.45, 7) is 1.87. The van der Waals surface area contributed by atoms with E-state index < -0.39 is 11.9 Å². The monoisotopic (exact) mass is 281 g/mol. The van der Waals surface area contributed by atoms with E-state index in [0.717, 1.165) is 5.56 Å². The van der Waals surface area contributed by atoms with Gasteiger partial charge in [-0.2, -0.15) is 0 Å². The van der Waals surface area contributed by atoms with E-state index in [1.54, 1.807) is 6.07 Å². The van der Waals surface area contributed by atoms with Crippen molar-refractivity contribution < 1.29 is 14.7 Å². The molecular weight excluding hydrogens is 266 g/mol. The third-order valence-electron chi connectivity index (χ3n) is 3.62. The Kier molecular flexibility index (Phi) is 4.10. The number of rotatable bonds is 3. The second-order valence-electron chi connectivity index (χ2n) is 4.97. The van der Waals surface area contributed by atoms with Crippen LogP contribution in [-0.2, 0) is 9.59 Å². The molecule has 1 aliphatic rings. The van der Waals surface area contributed by atoms with E-state index in [2.05, 4.69) is 5.32 Å². The second-order valence-corrected chi connectivity index (χ2v) is 5.37. The van der Waals surface area contributed by atoms with Gasteiger partial charge in [0.15, 0.2) is 0 Å². The third-order valence-corrected chi connectivity index (χ3v) is 3.94. The number of nitrogens with one attached hydrogen (secondary N) is 1. The molecule has 1 aliphatic carbocycles. The molecule has 2 atom stereocenters. The van der Waals surface area contributed by atoms with Crippen molar-refractivity contribution in [2.45, 2.75) is 26.2 Å². The highest BCUT2D eigenvalue weighted by atomic mass is 35.5. The Morgan fingerprint density at radius 1 is 1.32 bits per heavy atom. The fourth-order valence-corrected chi connectivity index (χ4v) is 2.73. The molecule has 2 rings (SSSR count). The van der Waals surface area contributed by atoms with Gasteiger partial charge >= 0.3 is 5.97 Å². The highest BCUT2D eigenvalue weighted by molar-refractivity contribution is 6.33. The molecule has 0 heterocycles. The number of hydrogen-bond acceptors (Lipinski definition) is 2. The number of carboxylic acids is 1. The summed E-state index contributed by atoms with van der Waals surface area (Å²) in [4.78, 5) is 23.0. The lowest BCUT2D eigenvalue weighted by Gasteiger charge is -2.14. The number of para-hydroxylation sites is 1. The molecule has 2 N–H and O–H groups in total. The first-order valence-corrected chi connectivity index (χ1v) is 6.65. The lowest BCUT2D eigenvalue weighted by atomic mass is 10.0. The molecule has 1 fully saturated rings. The summed E-state index contributed by atoms with van der Waals surface area (Å²) in [5, 5.41) is 12.3. The predicted octanol–water partition coefficient (Wildman–Crippen LogP) is 3.09. The average Bonchev–Trinajstić information content (AvgIpc) is 2.83. The molecule has 1 aromatic carbocycles. The van der Waals surface area contributed by atoms with Crippen molar-refractivity contribution >= 4 is 29.2 Å². The summed E-state index contributed by atoms with van der Waals surface area (Å²) in [7, 11) is 0. The average molecular weight is 282 g/mol. The zero-order valence-corrected chi connectivity index (χ0v) is 11.4. The smallest absolute Gasteiger partial charge is 0.306 e. The Balaban J connectivity index is 2.04. The van der Waals surface area contributed by atoms with E-state index in [1.165, 1.54) is 0 Å². The van der Waals surface area contributed by atoms with Gasteiger partial charge in [-0.15, -0.1) is 0 Å². The van der Waals surface area contributed by atoms with E-state index in [1.807, 2.05) is 19.1 Å². The number of hydrogen-bond donors (Lipinski definition) is 2. The molecule has 0 bridgehead atoms. The first-order chi connectivity index (χ1) is 8.99. The number of aliphatic carboxylic acids is 1. The molecule has 0 aromatic heterocycles. The standard InChI is InChI=1S/C14H16ClNO3/c1-8-3-2-4-11(15)12(8)16-13(17)9-5-6-10(7-9)14(18)19/h2-4,9-10H,5-7H2,1H3,(H,16,17)(H,18,19)/t9-,10+/m1/s1. The molecule has 0 spiro atoms. The minimum atomic E-state index is -0.816. The molecule has 4 nitrogen and oxygen atoms in total. The molecule has 1 saturated carbocycles. The normalized spacial score (nSPS) is 22.2. The van der Waals surface area contributed by atoms with Gasteiger partial charge in [-0.1, -0.05) is 23.7 Å². The van der Waals surface area contributed by atoms with Gasteiger partial charge in [-0.3, -0.25) is 9.59 Å². The van der Waals surface area contributed by atoms with Crippen molar-refractivity contribution in [3.63, 3.8) is 0 Å². The lowest BCUT2D eigenvalue weighted by Crippen LogP contribution is -2.22. The van der Waals surface area contributed by atoms with Crippen LogP contribution in [0.5, 0.6) is 0 Å². The SMILES string of the molecule is Cc1cccc(Cl)c1NC(=O)[C@@H]1CC[C@H](C(=O)O)C1. The van der Waals surface area contributed by atoms with E-state index in [4.69, 9.17) is 16.7 Å². The number of benzene rings is 1. The molecule has 0 saturated heterocycles. The Hall–Kier alpha value is -1.55. The Bertz CT molecular complexity index is 495. The van der Waals surface area contributed by atoms with Gasteiger partial charge in [0.1, 0.15) is 0 Å². The summed E-state index contributed by atoms with van der Waals surface area (Å²) >= 11 is 6.05. The van der Waals surface area contributed by atoms with Gasteiger partial charge in [-0.25, -0.2) is 0 Å². The summed E-state index contributed by atoms with van der Waals surface area (Å²) in [6, 6.07) is 5.42. The molecule has 0 radical (unpaired) electrons. The van der Waals surface area contributed by atoms with Gasteiger partial charge in [0, 0.05) is 5.92 Å². The minimum Gasteiger partial charge on any atom is -0.481 e. The number of carbonyl (C=O) groups is 2. The zero-order chi connectivity index (χ0) is 14.0. The van der Waals surface area contributed by atoms with Gasteiger partial charge in [-0.05, 0) is 37.8 Å². The predicted molar refractivity (Wildman–Crippen MR) is 73.3 cm³/mol. The first-order valence-electron chi connectivity index (χ1n) is 6.28. The Morgan fingerprint density at radius 2 is 2.00 bits per heavy atom. The molecule has 5 heteroatoms. The largest absolute Gasteiger partial charge is 0.481 e. The van der Waals surface area contributed by atoms with Crippen molar-refractivity contribution in [1.82, 2.24) is 0 Å². The van der Waals surface area contributed by atoms with Crippen LogP contribution in [-0.4, -0.2) is 17.0 Å². The van der Waals surface area contributed by atoms with Gasteiger partial charge in [0.2, 0.25) is 5.91 Å². The van der Waals surface area contributed by atoms with E-state index in [9.17, 15) is 9.59 Å². The number of anilines is 1. The van der Waals surface area contributed by atoms with Crippen LogP contribution in [0.1, 0.15) is 24.8 Å². The van der Waals surface area contributed by atoms with Crippen molar-refractivity contribution in [2.24, 2.45) is 11.8 Å². The summed E-state index contributed by atoms with van der Waals surface area (Å²) < 4.78 is 0. The summed E-state index contributed by atoms with van der Waals surface area (Å²) in [5.41, 5.74) is 1.52. The van der Waals surface area contributed by atoms with Crippen LogP contribution in [0.25, 0.3) is 0 Å². The van der Waals surface area contributed by atoms with Crippen LogP contribution >= 0.6 is 11.6 Å². The molecule has 0 aliphatic heterocycles. The van der Waals surface area contributed by atoms with Crippen molar-refractivity contribution in [1.29, 1.82) is 0 Å². The van der Waals surface area contributed by atoms with Crippen LogP contribution in [0.4, 0.5) is 5.69 Å². The molecule has 1 aromatic rings. The molecular formula is C14H16ClNO3. The van der Waals surface area contributed by atoms with Crippen LogP contribution in [0.3, 0.4) is 0 Å². The fraction of sp³-hybridized carbons (Fsp3) is 0.429. The van der Waals surface area contributed by atoms with Crippen LogP contribution in [0.15, 0.2) is 18.2 Å². The van der Waals surface area contributed by atoms with Gasteiger partial charge in [0.25, 0.3) is 0 Å². The molecule has 19 heavy (non-hydrogen) atoms. The zero-order valence-electron chi connectivity index (χ0n) is 10.6. The highest BCUT2D eigenvalue weighted by Gasteiger charge is 2.34. The van der Waals surface area contributed by atoms with Crippen molar-refractivity contribution in [3.05, 3.63) is 28.8 Å². The van der Waals surface area contributed by atoms with E-state index in [0.29, 0.717) is 30.0 Å². The highest BCUT2D eigenvalue weighted by Crippen LogP contribution is 2.33. The maximum absolute atomic E-state index is 12.1. The van der Waals surface area contributed by atoms with Crippen LogP contribution in [0, 0.1) is 18.8 Å². The quantitative estimate of drug-likeness (QED) is 0.895. The van der Waals surface area contributed by atoms with E-state index >= 15 is 0 Å². The van der Waals surface area contributed by atoms with E-state index in [-0.39, 0.29) is 11.8 Å². The molecule has 102 valence electrons. The molecule has 0 unspecified atom stereocenters. The number of halogens is 1. The first kappa shape index (κ1) is 13.9. The number of carbonyl (C=O) groups excluding carboxylic acids is 1. The van der Waals surface area contributed by atoms with Gasteiger partial charge in [0.05, 0.1) is 16.6 Å². The maximum Gasteiger partial charge on any atom is 0.306 e. The number of aryl methyl sites for hydroxylation is 1. The number of amides is 1. The third kappa shape index (κ3) is 3.07. The van der Waals surface area contributed by atoms with Crippen molar-refractivity contribution in [2.75, 3.05) is 5.32 Å². The second kappa shape index (κ2) is 5.61. The minimum absolute atomic E-state index is 0.139. The number of carboxylic acid groups (broad SMARTS) is 1. The summed E-state index contributed by atoms with van der Waals surface area (Å²) in [5.74, 6) is -1.59. The Morgan fingerprint density at radius 3 is 2.58 bits per heavy atom. The lowest BCUT2D eigenvalue weighted by molar-refractivity contribution is -0.141. The Labute approximate surface area is 116 Å². The fourth-order valence-electron chi connectivity index (χ4n) is 2.46. The molecule has 1 amide bonds. The van der Waals surface area contributed by atoms with Crippen LogP contribution in [0.2, 0.25) is 5.02 Å². The summed E-state index contributed by atoms with van der Waals surface area (Å²) in [6.07, 6.45) is 1.59. The van der Waals surface area contributed by atoms with Crippen molar-refractivity contribution in [3.8, 4) is 0 Å².